The first-order valence-corrected chi connectivity index (χ1v) is 5.65. The van der Waals surface area contributed by atoms with Crippen molar-refractivity contribution in [2.45, 2.75) is 52.1 Å². The van der Waals surface area contributed by atoms with Crippen molar-refractivity contribution in [3.63, 3.8) is 0 Å². The lowest BCUT2D eigenvalue weighted by Crippen LogP contribution is -2.48. The molecule has 14 heavy (non-hydrogen) atoms. The standard InChI is InChI=1S/C11H22N2O/c1-9(2)12-11(14)10(3)13-7-5-4-6-8-13/h9-10H,4-8H2,1-3H3,(H,12,14). The minimum absolute atomic E-state index is 0.0395. The molecule has 1 aliphatic rings. The van der Waals surface area contributed by atoms with Crippen LogP contribution in [0, 0.1) is 0 Å². The van der Waals surface area contributed by atoms with Crippen molar-refractivity contribution in [3.8, 4) is 0 Å². The number of nitrogens with zero attached hydrogens (tertiary/aromatic N) is 1. The largest absolute Gasteiger partial charge is 0.353 e. The van der Waals surface area contributed by atoms with Crippen LogP contribution in [-0.4, -0.2) is 36.0 Å². The topological polar surface area (TPSA) is 32.3 Å². The van der Waals surface area contributed by atoms with Gasteiger partial charge < -0.3 is 5.32 Å². The molecule has 0 aromatic rings. The van der Waals surface area contributed by atoms with Gasteiger partial charge in [-0.1, -0.05) is 6.42 Å². The third-order valence-electron chi connectivity index (χ3n) is 2.75. The summed E-state index contributed by atoms with van der Waals surface area (Å²) in [6.07, 6.45) is 3.79. The summed E-state index contributed by atoms with van der Waals surface area (Å²) in [7, 11) is 0. The summed E-state index contributed by atoms with van der Waals surface area (Å²) >= 11 is 0. The Kier molecular flexibility index (Phi) is 4.39. The number of carbonyl (C=O) groups is 1. The second-order valence-electron chi connectivity index (χ2n) is 4.44. The van der Waals surface area contributed by atoms with E-state index in [0.29, 0.717) is 0 Å². The summed E-state index contributed by atoms with van der Waals surface area (Å²) in [6.45, 7) is 8.16. The van der Waals surface area contributed by atoms with E-state index in [4.69, 9.17) is 0 Å². The van der Waals surface area contributed by atoms with E-state index >= 15 is 0 Å². The van der Waals surface area contributed by atoms with Crippen LogP contribution in [0.2, 0.25) is 0 Å². The van der Waals surface area contributed by atoms with Gasteiger partial charge in [-0.2, -0.15) is 0 Å². The predicted octanol–water partition coefficient (Wildman–Crippen LogP) is 1.39. The molecule has 3 heteroatoms. The van der Waals surface area contributed by atoms with Gasteiger partial charge in [-0.3, -0.25) is 9.69 Å². The first-order valence-electron chi connectivity index (χ1n) is 5.65. The molecule has 0 aromatic heterocycles. The van der Waals surface area contributed by atoms with Crippen LogP contribution in [0.5, 0.6) is 0 Å². The van der Waals surface area contributed by atoms with Gasteiger partial charge in [-0.25, -0.2) is 0 Å². The van der Waals surface area contributed by atoms with Gasteiger partial charge in [0.25, 0.3) is 0 Å². The van der Waals surface area contributed by atoms with Crippen LogP contribution in [0.25, 0.3) is 0 Å². The van der Waals surface area contributed by atoms with Crippen LogP contribution in [0.15, 0.2) is 0 Å². The lowest BCUT2D eigenvalue weighted by Gasteiger charge is -2.31. The molecule has 1 rings (SSSR count). The van der Waals surface area contributed by atoms with Crippen LogP contribution in [-0.2, 0) is 4.79 Å². The van der Waals surface area contributed by atoms with Crippen molar-refractivity contribution >= 4 is 5.91 Å². The van der Waals surface area contributed by atoms with Gasteiger partial charge in [0.2, 0.25) is 5.91 Å². The van der Waals surface area contributed by atoms with E-state index in [2.05, 4.69) is 10.2 Å². The van der Waals surface area contributed by atoms with Gasteiger partial charge in [-0.15, -0.1) is 0 Å². The highest BCUT2D eigenvalue weighted by Gasteiger charge is 2.22. The molecule has 1 N–H and O–H groups in total. The minimum atomic E-state index is 0.0395. The summed E-state index contributed by atoms with van der Waals surface area (Å²) in [5, 5.41) is 2.96. The smallest absolute Gasteiger partial charge is 0.237 e. The van der Waals surface area contributed by atoms with Crippen LogP contribution in [0.3, 0.4) is 0 Å². The Morgan fingerprint density at radius 2 is 1.71 bits per heavy atom. The van der Waals surface area contributed by atoms with Crippen LogP contribution in [0.4, 0.5) is 0 Å². The number of carbonyl (C=O) groups excluding carboxylic acids is 1. The number of amides is 1. The van der Waals surface area contributed by atoms with E-state index in [1.807, 2.05) is 20.8 Å². The summed E-state index contributed by atoms with van der Waals surface area (Å²) in [5.74, 6) is 0.168. The second-order valence-corrected chi connectivity index (χ2v) is 4.44. The number of hydrogen-bond acceptors (Lipinski definition) is 2. The molecule has 1 atom stereocenters. The Morgan fingerprint density at radius 1 is 1.14 bits per heavy atom. The van der Waals surface area contributed by atoms with Crippen molar-refractivity contribution in [1.82, 2.24) is 10.2 Å². The van der Waals surface area contributed by atoms with Crippen LogP contribution >= 0.6 is 0 Å². The Hall–Kier alpha value is -0.570. The minimum Gasteiger partial charge on any atom is -0.353 e. The molecule has 1 fully saturated rings. The third kappa shape index (κ3) is 3.29. The van der Waals surface area contributed by atoms with Crippen molar-refractivity contribution in [2.24, 2.45) is 0 Å². The summed E-state index contributed by atoms with van der Waals surface area (Å²) in [4.78, 5) is 14.0. The molecule has 1 saturated heterocycles. The molecule has 1 heterocycles. The maximum atomic E-state index is 11.7. The van der Waals surface area contributed by atoms with E-state index in [1.54, 1.807) is 0 Å². The maximum Gasteiger partial charge on any atom is 0.237 e. The van der Waals surface area contributed by atoms with E-state index in [1.165, 1.54) is 19.3 Å². The van der Waals surface area contributed by atoms with E-state index in [0.717, 1.165) is 13.1 Å². The molecule has 1 aliphatic heterocycles. The van der Waals surface area contributed by atoms with Crippen LogP contribution in [0.1, 0.15) is 40.0 Å². The van der Waals surface area contributed by atoms with Crippen molar-refractivity contribution in [3.05, 3.63) is 0 Å². The van der Waals surface area contributed by atoms with Gasteiger partial charge in [0.1, 0.15) is 0 Å². The molecule has 0 aromatic carbocycles. The zero-order valence-corrected chi connectivity index (χ0v) is 9.55. The fraction of sp³-hybridized carbons (Fsp3) is 0.909. The summed E-state index contributed by atoms with van der Waals surface area (Å²) in [6, 6.07) is 0.285. The number of likely N-dealkylation sites (tertiary alicyclic amines) is 1. The van der Waals surface area contributed by atoms with Gasteiger partial charge in [-0.05, 0) is 46.7 Å². The van der Waals surface area contributed by atoms with Crippen molar-refractivity contribution in [1.29, 1.82) is 0 Å². The van der Waals surface area contributed by atoms with Crippen LogP contribution < -0.4 is 5.32 Å². The fourth-order valence-electron chi connectivity index (χ4n) is 1.88. The van der Waals surface area contributed by atoms with Crippen molar-refractivity contribution < 1.29 is 4.79 Å². The zero-order valence-electron chi connectivity index (χ0n) is 9.55. The lowest BCUT2D eigenvalue weighted by atomic mass is 10.1. The molecule has 82 valence electrons. The van der Waals surface area contributed by atoms with E-state index in [9.17, 15) is 4.79 Å². The molecule has 1 unspecified atom stereocenters. The Bertz CT molecular complexity index is 186. The third-order valence-corrected chi connectivity index (χ3v) is 2.75. The average Bonchev–Trinajstić information content (AvgIpc) is 2.17. The SMILES string of the molecule is CC(C)NC(=O)C(C)N1CCCCC1. The highest BCUT2D eigenvalue weighted by molar-refractivity contribution is 5.81. The average molecular weight is 198 g/mol. The Morgan fingerprint density at radius 3 is 2.21 bits per heavy atom. The monoisotopic (exact) mass is 198 g/mol. The summed E-state index contributed by atoms with van der Waals surface area (Å²) in [5.41, 5.74) is 0. The number of piperidine rings is 1. The number of hydrogen-bond donors (Lipinski definition) is 1. The van der Waals surface area contributed by atoms with Gasteiger partial charge in [0.05, 0.1) is 6.04 Å². The number of rotatable bonds is 3. The van der Waals surface area contributed by atoms with E-state index in [-0.39, 0.29) is 18.0 Å². The second kappa shape index (κ2) is 5.35. The molecule has 0 aliphatic carbocycles. The lowest BCUT2D eigenvalue weighted by molar-refractivity contribution is -0.126. The zero-order chi connectivity index (χ0) is 10.6. The highest BCUT2D eigenvalue weighted by atomic mass is 16.2. The highest BCUT2D eigenvalue weighted by Crippen LogP contribution is 2.11. The van der Waals surface area contributed by atoms with Gasteiger partial charge in [0.15, 0.2) is 0 Å². The molecular formula is C11H22N2O. The predicted molar refractivity (Wildman–Crippen MR) is 58.2 cm³/mol. The Labute approximate surface area is 86.9 Å². The van der Waals surface area contributed by atoms with Gasteiger partial charge >= 0.3 is 0 Å². The van der Waals surface area contributed by atoms with E-state index < -0.39 is 0 Å². The maximum absolute atomic E-state index is 11.7. The first kappa shape index (κ1) is 11.5. The molecule has 0 spiro atoms. The number of nitrogens with one attached hydrogen (secondary N) is 1. The summed E-state index contributed by atoms with van der Waals surface area (Å²) < 4.78 is 0. The molecule has 0 saturated carbocycles. The molecular weight excluding hydrogens is 176 g/mol. The fourth-order valence-corrected chi connectivity index (χ4v) is 1.88. The molecule has 1 amide bonds. The molecule has 3 nitrogen and oxygen atoms in total. The molecule has 0 radical (unpaired) electrons. The quantitative estimate of drug-likeness (QED) is 0.743. The molecule has 0 bridgehead atoms. The van der Waals surface area contributed by atoms with Crippen molar-refractivity contribution in [2.75, 3.05) is 13.1 Å². The Balaban J connectivity index is 2.38. The normalized spacial score (nSPS) is 20.9. The first-order chi connectivity index (χ1) is 6.61. The van der Waals surface area contributed by atoms with Gasteiger partial charge in [0, 0.05) is 6.04 Å².